The maximum absolute atomic E-state index is 13.5. The number of nitrogens with zero attached hydrogens (tertiary/aromatic N) is 2. The maximum atomic E-state index is 13.5. The van der Waals surface area contributed by atoms with Gasteiger partial charge in [-0.1, -0.05) is 42.8 Å². The summed E-state index contributed by atoms with van der Waals surface area (Å²) in [6.45, 7) is 14.0. The Morgan fingerprint density at radius 1 is 0.973 bits per heavy atom. The van der Waals surface area contributed by atoms with Crippen LogP contribution in [0.3, 0.4) is 0 Å². The fourth-order valence-electron chi connectivity index (χ4n) is 4.15. The first kappa shape index (κ1) is 30.4. The van der Waals surface area contributed by atoms with Crippen molar-refractivity contribution in [3.8, 4) is 0 Å². The van der Waals surface area contributed by atoms with Gasteiger partial charge in [-0.05, 0) is 83.2 Å². The van der Waals surface area contributed by atoms with Crippen LogP contribution in [0, 0.1) is 20.8 Å². The molecule has 0 aliphatic carbocycles. The lowest BCUT2D eigenvalue weighted by atomic mass is 10.0. The lowest BCUT2D eigenvalue weighted by molar-refractivity contribution is -0.142. The topological polar surface area (TPSA) is 86.8 Å². The molecule has 0 aromatic heterocycles. The molecular weight excluding hydrogens is 486 g/mol. The standard InChI is InChI=1S/C29H43N3O4S/c1-9-26(28(34)30-29(5,6)7)31(20-24-15-12-21(2)13-16-24)27(33)11-10-18-32(37(8,35)36)25-17-14-22(3)23(4)19-25/h12-17,19,26H,9-11,18,20H2,1-8H3,(H,30,34)/t26-/m1/s1. The predicted molar refractivity (Wildman–Crippen MR) is 151 cm³/mol. The van der Waals surface area contributed by atoms with Crippen LogP contribution in [0.4, 0.5) is 5.69 Å². The third-order valence-electron chi connectivity index (χ3n) is 6.29. The monoisotopic (exact) mass is 529 g/mol. The van der Waals surface area contributed by atoms with Gasteiger partial charge in [0.25, 0.3) is 0 Å². The lowest BCUT2D eigenvalue weighted by Gasteiger charge is -2.33. The molecule has 8 heteroatoms. The van der Waals surface area contributed by atoms with Crippen LogP contribution in [-0.2, 0) is 26.2 Å². The molecule has 0 aliphatic heterocycles. The molecule has 0 saturated carbocycles. The molecule has 2 amide bonds. The Hall–Kier alpha value is -2.87. The van der Waals surface area contributed by atoms with E-state index in [0.717, 1.165) is 22.3 Å². The van der Waals surface area contributed by atoms with Crippen molar-refractivity contribution < 1.29 is 18.0 Å². The number of anilines is 1. The van der Waals surface area contributed by atoms with Crippen molar-refractivity contribution in [2.75, 3.05) is 17.1 Å². The zero-order valence-corrected chi connectivity index (χ0v) is 24.4. The van der Waals surface area contributed by atoms with Gasteiger partial charge in [0.05, 0.1) is 11.9 Å². The molecular formula is C29H43N3O4S. The first-order chi connectivity index (χ1) is 17.1. The molecule has 0 heterocycles. The molecule has 0 aliphatic rings. The molecule has 2 aromatic rings. The molecule has 1 atom stereocenters. The summed E-state index contributed by atoms with van der Waals surface area (Å²) in [5.74, 6) is -0.367. The normalized spacial score (nSPS) is 12.6. The Kier molecular flexibility index (Phi) is 10.3. The highest BCUT2D eigenvalue weighted by molar-refractivity contribution is 7.92. The third kappa shape index (κ3) is 9.18. The zero-order valence-electron chi connectivity index (χ0n) is 23.6. The van der Waals surface area contributed by atoms with E-state index in [0.29, 0.717) is 25.1 Å². The fourth-order valence-corrected chi connectivity index (χ4v) is 5.10. The van der Waals surface area contributed by atoms with Crippen molar-refractivity contribution >= 4 is 27.5 Å². The van der Waals surface area contributed by atoms with Gasteiger partial charge in [0.15, 0.2) is 0 Å². The molecule has 0 radical (unpaired) electrons. The second-order valence-corrected chi connectivity index (χ2v) is 12.8. The second kappa shape index (κ2) is 12.6. The number of hydrogen-bond acceptors (Lipinski definition) is 4. The largest absolute Gasteiger partial charge is 0.350 e. The van der Waals surface area contributed by atoms with E-state index in [2.05, 4.69) is 5.32 Å². The molecule has 1 N–H and O–H groups in total. The van der Waals surface area contributed by atoms with E-state index in [1.54, 1.807) is 11.0 Å². The number of carbonyl (C=O) groups excluding carboxylic acids is 2. The van der Waals surface area contributed by atoms with E-state index in [-0.39, 0.29) is 24.8 Å². The van der Waals surface area contributed by atoms with Crippen LogP contribution >= 0.6 is 0 Å². The Bertz CT molecular complexity index is 1180. The quantitative estimate of drug-likeness (QED) is 0.449. The highest BCUT2D eigenvalue weighted by Crippen LogP contribution is 2.22. The summed E-state index contributed by atoms with van der Waals surface area (Å²) in [4.78, 5) is 28.3. The van der Waals surface area contributed by atoms with Crippen molar-refractivity contribution in [3.63, 3.8) is 0 Å². The Morgan fingerprint density at radius 3 is 2.11 bits per heavy atom. The number of sulfonamides is 1. The number of benzene rings is 2. The lowest BCUT2D eigenvalue weighted by Crippen LogP contribution is -2.53. The number of amides is 2. The van der Waals surface area contributed by atoms with Gasteiger partial charge in [-0.15, -0.1) is 0 Å². The van der Waals surface area contributed by atoms with Crippen molar-refractivity contribution in [1.82, 2.24) is 10.2 Å². The van der Waals surface area contributed by atoms with Crippen molar-refractivity contribution in [2.45, 2.75) is 85.9 Å². The van der Waals surface area contributed by atoms with E-state index < -0.39 is 21.6 Å². The SMILES string of the molecule is CC[C@H](C(=O)NC(C)(C)C)N(Cc1ccc(C)cc1)C(=O)CCCN(c1ccc(C)c(C)c1)S(C)(=O)=O. The summed E-state index contributed by atoms with van der Waals surface area (Å²) in [6, 6.07) is 12.8. The van der Waals surface area contributed by atoms with Gasteiger partial charge in [0, 0.05) is 25.0 Å². The van der Waals surface area contributed by atoms with Crippen LogP contribution in [0.5, 0.6) is 0 Å². The fraction of sp³-hybridized carbons (Fsp3) is 0.517. The van der Waals surface area contributed by atoms with E-state index in [9.17, 15) is 18.0 Å². The predicted octanol–water partition coefficient (Wildman–Crippen LogP) is 4.88. The van der Waals surface area contributed by atoms with Crippen LogP contribution < -0.4 is 9.62 Å². The summed E-state index contributed by atoms with van der Waals surface area (Å²) in [7, 11) is -3.53. The van der Waals surface area contributed by atoms with Gasteiger partial charge in [0.2, 0.25) is 21.8 Å². The minimum Gasteiger partial charge on any atom is -0.350 e. The van der Waals surface area contributed by atoms with Gasteiger partial charge >= 0.3 is 0 Å². The summed E-state index contributed by atoms with van der Waals surface area (Å²) in [5.41, 5.74) is 4.30. The number of nitrogens with one attached hydrogen (secondary N) is 1. The molecule has 2 aromatic carbocycles. The molecule has 0 bridgehead atoms. The Labute approximate surface area is 223 Å². The number of aryl methyl sites for hydroxylation is 3. The molecule has 204 valence electrons. The number of carbonyl (C=O) groups is 2. The zero-order chi connectivity index (χ0) is 28.0. The van der Waals surface area contributed by atoms with E-state index in [1.165, 1.54) is 10.6 Å². The minimum atomic E-state index is -3.53. The Balaban J connectivity index is 2.25. The highest BCUT2D eigenvalue weighted by atomic mass is 32.2. The van der Waals surface area contributed by atoms with Crippen molar-refractivity contribution in [1.29, 1.82) is 0 Å². The average molecular weight is 530 g/mol. The first-order valence-corrected chi connectivity index (χ1v) is 14.7. The van der Waals surface area contributed by atoms with Crippen molar-refractivity contribution in [3.05, 3.63) is 64.7 Å². The molecule has 0 spiro atoms. The molecule has 0 fully saturated rings. The van der Waals surface area contributed by atoms with Gasteiger partial charge in [-0.2, -0.15) is 0 Å². The van der Waals surface area contributed by atoms with E-state index in [4.69, 9.17) is 0 Å². The van der Waals surface area contributed by atoms with Gasteiger partial charge in [0.1, 0.15) is 6.04 Å². The first-order valence-electron chi connectivity index (χ1n) is 12.8. The molecule has 37 heavy (non-hydrogen) atoms. The van der Waals surface area contributed by atoms with Gasteiger partial charge in [-0.3, -0.25) is 13.9 Å². The summed E-state index contributed by atoms with van der Waals surface area (Å²) < 4.78 is 26.5. The van der Waals surface area contributed by atoms with Crippen LogP contribution in [0.2, 0.25) is 0 Å². The molecule has 0 unspecified atom stereocenters. The van der Waals surface area contributed by atoms with E-state index >= 15 is 0 Å². The smallest absolute Gasteiger partial charge is 0.243 e. The van der Waals surface area contributed by atoms with Gasteiger partial charge in [-0.25, -0.2) is 8.42 Å². The van der Waals surface area contributed by atoms with Gasteiger partial charge < -0.3 is 10.2 Å². The molecule has 7 nitrogen and oxygen atoms in total. The molecule has 2 rings (SSSR count). The summed E-state index contributed by atoms with van der Waals surface area (Å²) in [6.07, 6.45) is 2.11. The summed E-state index contributed by atoms with van der Waals surface area (Å²) >= 11 is 0. The second-order valence-electron chi connectivity index (χ2n) is 10.9. The Morgan fingerprint density at radius 2 is 1.59 bits per heavy atom. The maximum Gasteiger partial charge on any atom is 0.243 e. The summed E-state index contributed by atoms with van der Waals surface area (Å²) in [5, 5.41) is 3.01. The van der Waals surface area contributed by atoms with Crippen LogP contribution in [0.25, 0.3) is 0 Å². The van der Waals surface area contributed by atoms with E-state index in [1.807, 2.05) is 84.9 Å². The number of rotatable bonds is 11. The van der Waals surface area contributed by atoms with Crippen molar-refractivity contribution in [2.24, 2.45) is 0 Å². The minimum absolute atomic E-state index is 0.127. The number of hydrogen-bond donors (Lipinski definition) is 1. The molecule has 0 saturated heterocycles. The van der Waals surface area contributed by atoms with Crippen LogP contribution in [-0.4, -0.2) is 49.5 Å². The third-order valence-corrected chi connectivity index (χ3v) is 7.48. The van der Waals surface area contributed by atoms with Crippen LogP contribution in [0.1, 0.15) is 69.2 Å². The van der Waals surface area contributed by atoms with Crippen LogP contribution in [0.15, 0.2) is 42.5 Å². The highest BCUT2D eigenvalue weighted by Gasteiger charge is 2.30. The average Bonchev–Trinajstić information content (AvgIpc) is 2.77.